The first-order chi connectivity index (χ1) is 6.95. The molecule has 4 heteroatoms. The molecule has 0 aromatic carbocycles. The molecule has 0 rings (SSSR count). The largest absolute Gasteiger partial charge is 0.0975 e. The summed E-state index contributed by atoms with van der Waals surface area (Å²) in [5, 5.41) is 0. The van der Waals surface area contributed by atoms with Crippen molar-refractivity contribution in [2.24, 2.45) is 0 Å². The Morgan fingerprint density at radius 1 is 0.667 bits per heavy atom. The summed E-state index contributed by atoms with van der Waals surface area (Å²) in [6, 6.07) is -1.97. The molecule has 0 radical (unpaired) electrons. The Labute approximate surface area is 107 Å². The zero-order chi connectivity index (χ0) is 11.9. The summed E-state index contributed by atoms with van der Waals surface area (Å²) >= 11 is 11.5. The van der Waals surface area contributed by atoms with E-state index in [0.29, 0.717) is 0 Å². The second-order valence-corrected chi connectivity index (χ2v) is 16.5. The maximum absolute atomic E-state index is 5.75. The van der Waals surface area contributed by atoms with Crippen molar-refractivity contribution in [1.29, 1.82) is 0 Å². The van der Waals surface area contributed by atoms with Crippen LogP contribution in [0.4, 0.5) is 0 Å². The van der Waals surface area contributed by atoms with E-state index < -0.39 is 12.1 Å². The SMILES string of the molecule is CCP(=S)(CC)CCCP(=S)(CC)CC. The van der Waals surface area contributed by atoms with Gasteiger partial charge in [-0.05, 0) is 55.5 Å². The Kier molecular flexibility index (Phi) is 8.25. The Morgan fingerprint density at radius 2 is 0.933 bits per heavy atom. The van der Waals surface area contributed by atoms with Gasteiger partial charge in [0, 0.05) is 0 Å². The number of hydrogen-bond donors (Lipinski definition) is 0. The first-order valence-corrected chi connectivity index (χ1v) is 12.8. The van der Waals surface area contributed by atoms with Crippen molar-refractivity contribution in [3.8, 4) is 0 Å². The van der Waals surface area contributed by atoms with Gasteiger partial charge in [0.1, 0.15) is 0 Å². The molecule has 0 spiro atoms. The lowest BCUT2D eigenvalue weighted by Gasteiger charge is -2.22. The normalized spacial score (nSPS) is 13.1. The molecule has 0 aliphatic heterocycles. The maximum atomic E-state index is 5.75. The van der Waals surface area contributed by atoms with Gasteiger partial charge in [0.2, 0.25) is 0 Å². The molecule has 0 unspecified atom stereocenters. The molecule has 15 heavy (non-hydrogen) atoms. The third-order valence-corrected chi connectivity index (χ3v) is 14.5. The fraction of sp³-hybridized carbons (Fsp3) is 1.00. The van der Waals surface area contributed by atoms with Crippen LogP contribution in [-0.4, -0.2) is 37.0 Å². The Morgan fingerprint density at radius 3 is 1.13 bits per heavy atom. The van der Waals surface area contributed by atoms with Crippen molar-refractivity contribution in [3.63, 3.8) is 0 Å². The summed E-state index contributed by atoms with van der Waals surface area (Å²) in [7, 11) is 0. The van der Waals surface area contributed by atoms with Gasteiger partial charge in [-0.15, -0.1) is 0 Å². The summed E-state index contributed by atoms with van der Waals surface area (Å²) in [6.07, 6.45) is 8.85. The van der Waals surface area contributed by atoms with Crippen LogP contribution in [0.2, 0.25) is 0 Å². The minimum Gasteiger partial charge on any atom is -0.0975 e. The van der Waals surface area contributed by atoms with Gasteiger partial charge in [0.25, 0.3) is 0 Å². The van der Waals surface area contributed by atoms with Gasteiger partial charge in [-0.3, -0.25) is 0 Å². The Hall–Kier alpha value is 1.30. The minimum absolute atomic E-state index is 0.983. The molecule has 0 heterocycles. The van der Waals surface area contributed by atoms with Gasteiger partial charge in [0.05, 0.1) is 0 Å². The zero-order valence-electron chi connectivity index (χ0n) is 10.7. The van der Waals surface area contributed by atoms with E-state index in [9.17, 15) is 0 Å². The molecule has 0 amide bonds. The van der Waals surface area contributed by atoms with E-state index in [0.717, 1.165) is 0 Å². The monoisotopic (exact) mass is 284 g/mol. The van der Waals surface area contributed by atoms with Crippen molar-refractivity contribution in [1.82, 2.24) is 0 Å². The standard InChI is InChI=1S/C11H26P2S2/c1-5-12(14,6-2)10-9-11-13(15,7-3)8-4/h5-11H2,1-4H3. The van der Waals surface area contributed by atoms with Gasteiger partial charge < -0.3 is 0 Å². The van der Waals surface area contributed by atoms with Crippen molar-refractivity contribution >= 4 is 35.7 Å². The lowest BCUT2D eigenvalue weighted by Crippen LogP contribution is -2.01. The number of hydrogen-bond acceptors (Lipinski definition) is 2. The maximum Gasteiger partial charge on any atom is -0.0231 e. The fourth-order valence-corrected chi connectivity index (χ4v) is 6.38. The van der Waals surface area contributed by atoms with E-state index in [-0.39, 0.29) is 0 Å². The fourth-order valence-electron chi connectivity index (χ4n) is 1.73. The molecule has 0 aliphatic rings. The van der Waals surface area contributed by atoms with E-state index in [1.807, 2.05) is 0 Å². The minimum atomic E-state index is -0.983. The van der Waals surface area contributed by atoms with Crippen molar-refractivity contribution < 1.29 is 0 Å². The molecule has 0 aromatic heterocycles. The van der Waals surface area contributed by atoms with Crippen LogP contribution in [0, 0.1) is 0 Å². The van der Waals surface area contributed by atoms with E-state index in [2.05, 4.69) is 27.7 Å². The highest BCUT2D eigenvalue weighted by atomic mass is 32.4. The van der Waals surface area contributed by atoms with Gasteiger partial charge >= 0.3 is 0 Å². The highest BCUT2D eigenvalue weighted by Gasteiger charge is 2.15. The molecule has 0 bridgehead atoms. The van der Waals surface area contributed by atoms with Crippen molar-refractivity contribution in [2.45, 2.75) is 34.1 Å². The molecule has 0 atom stereocenters. The zero-order valence-corrected chi connectivity index (χ0v) is 14.1. The third kappa shape index (κ3) is 5.97. The number of rotatable bonds is 8. The topological polar surface area (TPSA) is 0 Å². The molecule has 0 saturated heterocycles. The highest BCUT2D eigenvalue weighted by molar-refractivity contribution is 8.15. The molecule has 92 valence electrons. The van der Waals surface area contributed by atoms with Gasteiger partial charge in [-0.25, -0.2) is 0 Å². The quantitative estimate of drug-likeness (QED) is 0.605. The first-order valence-electron chi connectivity index (χ1n) is 6.09. The van der Waals surface area contributed by atoms with E-state index in [1.54, 1.807) is 0 Å². The van der Waals surface area contributed by atoms with Gasteiger partial charge in [-0.2, -0.15) is 0 Å². The van der Waals surface area contributed by atoms with Crippen LogP contribution in [0.15, 0.2) is 0 Å². The average Bonchev–Trinajstić information content (AvgIpc) is 2.28. The summed E-state index contributed by atoms with van der Waals surface area (Å²) in [4.78, 5) is 0. The van der Waals surface area contributed by atoms with Crippen LogP contribution in [0.1, 0.15) is 34.1 Å². The molecule has 0 aromatic rings. The van der Waals surface area contributed by atoms with Crippen molar-refractivity contribution in [3.05, 3.63) is 0 Å². The predicted octanol–water partition coefficient (Wildman–Crippen LogP) is 4.42. The van der Waals surface area contributed by atoms with E-state index >= 15 is 0 Å². The van der Waals surface area contributed by atoms with E-state index in [4.69, 9.17) is 23.6 Å². The predicted molar refractivity (Wildman–Crippen MR) is 85.1 cm³/mol. The van der Waals surface area contributed by atoms with Crippen LogP contribution in [0.25, 0.3) is 0 Å². The van der Waals surface area contributed by atoms with Gasteiger partial charge in [-0.1, -0.05) is 51.3 Å². The third-order valence-electron chi connectivity index (χ3n) is 3.44. The second-order valence-electron chi connectivity index (χ2n) is 4.18. The summed E-state index contributed by atoms with van der Waals surface area (Å²) in [6.45, 7) is 9.06. The van der Waals surface area contributed by atoms with Crippen LogP contribution < -0.4 is 0 Å². The lowest BCUT2D eigenvalue weighted by atomic mass is 10.6. The molecule has 0 aliphatic carbocycles. The first kappa shape index (κ1) is 16.3. The average molecular weight is 284 g/mol. The lowest BCUT2D eigenvalue weighted by molar-refractivity contribution is 1.08. The summed E-state index contributed by atoms with van der Waals surface area (Å²) < 4.78 is 0. The second kappa shape index (κ2) is 7.59. The van der Waals surface area contributed by atoms with Crippen LogP contribution in [-0.2, 0) is 23.6 Å². The molecule has 0 N–H and O–H groups in total. The van der Waals surface area contributed by atoms with Crippen LogP contribution in [0.3, 0.4) is 0 Å². The molecular weight excluding hydrogens is 258 g/mol. The van der Waals surface area contributed by atoms with E-state index in [1.165, 1.54) is 43.4 Å². The van der Waals surface area contributed by atoms with Gasteiger partial charge in [0.15, 0.2) is 0 Å². The Balaban J connectivity index is 4.08. The van der Waals surface area contributed by atoms with Crippen molar-refractivity contribution in [2.75, 3.05) is 37.0 Å². The smallest absolute Gasteiger partial charge is 0.0231 e. The van der Waals surface area contributed by atoms with Crippen LogP contribution >= 0.6 is 12.1 Å². The molecule has 0 fully saturated rings. The highest BCUT2D eigenvalue weighted by Crippen LogP contribution is 2.50. The summed E-state index contributed by atoms with van der Waals surface area (Å²) in [5.74, 6) is 0. The van der Waals surface area contributed by atoms with Crippen LogP contribution in [0.5, 0.6) is 0 Å². The molecular formula is C11H26P2S2. The summed E-state index contributed by atoms with van der Waals surface area (Å²) in [5.41, 5.74) is 0. The Bertz CT molecular complexity index is 219. The molecule has 0 saturated carbocycles. The molecule has 0 nitrogen and oxygen atoms in total.